The van der Waals surface area contributed by atoms with Crippen LogP contribution in [0.3, 0.4) is 0 Å². The molecule has 0 aliphatic rings. The van der Waals surface area contributed by atoms with Crippen molar-refractivity contribution in [2.24, 2.45) is 0 Å². The molecule has 0 saturated heterocycles. The van der Waals surface area contributed by atoms with Gasteiger partial charge in [-0.1, -0.05) is 13.8 Å². The number of alkyl halides is 6. The summed E-state index contributed by atoms with van der Waals surface area (Å²) < 4.78 is 76.6. The van der Waals surface area contributed by atoms with Crippen LogP contribution in [0, 0.1) is 6.92 Å². The second kappa shape index (κ2) is 6.15. The van der Waals surface area contributed by atoms with E-state index in [4.69, 9.17) is 5.11 Å². The van der Waals surface area contributed by atoms with Crippen LogP contribution in [0.5, 0.6) is 0 Å². The number of aryl methyl sites for hydroxylation is 1. The Morgan fingerprint density at radius 2 is 1.59 bits per heavy atom. The molecule has 1 heterocycles. The average molecular weight is 328 g/mol. The van der Waals surface area contributed by atoms with Crippen molar-refractivity contribution in [3.8, 4) is 0 Å². The highest BCUT2D eigenvalue weighted by Gasteiger charge is 2.39. The molecule has 22 heavy (non-hydrogen) atoms. The lowest BCUT2D eigenvalue weighted by atomic mass is 10.1. The molecule has 0 saturated carbocycles. The van der Waals surface area contributed by atoms with Crippen LogP contribution in [-0.4, -0.2) is 14.7 Å². The Hall–Kier alpha value is -1.77. The number of imidazole rings is 1. The van der Waals surface area contributed by atoms with Crippen LogP contribution in [0.25, 0.3) is 11.0 Å². The number of fused-ring (bicyclic) bond motifs is 1. The first kappa shape index (κ1) is 18.3. The number of rotatable bonds is 1. The summed E-state index contributed by atoms with van der Waals surface area (Å²) in [6.07, 6.45) is -9.56. The predicted molar refractivity (Wildman–Crippen MR) is 68.0 cm³/mol. The number of benzene rings is 1. The molecule has 0 atom stereocenters. The van der Waals surface area contributed by atoms with E-state index in [1.807, 2.05) is 13.8 Å². The van der Waals surface area contributed by atoms with Gasteiger partial charge in [0.05, 0.1) is 16.6 Å². The zero-order chi connectivity index (χ0) is 17.3. The van der Waals surface area contributed by atoms with Gasteiger partial charge in [0.25, 0.3) is 0 Å². The SMILES string of the molecule is CC.Cc1cc2nc(C(F)(F)F)n(CO)c2cc1C(F)(F)F. The van der Waals surface area contributed by atoms with Gasteiger partial charge in [0.15, 0.2) is 0 Å². The lowest BCUT2D eigenvalue weighted by molar-refractivity contribution is -0.148. The number of aliphatic hydroxyl groups is 1. The van der Waals surface area contributed by atoms with Gasteiger partial charge in [-0.15, -0.1) is 0 Å². The van der Waals surface area contributed by atoms with E-state index in [0.29, 0.717) is 10.6 Å². The van der Waals surface area contributed by atoms with E-state index in [9.17, 15) is 26.3 Å². The Bertz CT molecular complexity index is 657. The molecule has 2 rings (SSSR count). The zero-order valence-corrected chi connectivity index (χ0v) is 12.0. The van der Waals surface area contributed by atoms with E-state index < -0.39 is 36.0 Å². The van der Waals surface area contributed by atoms with Crippen LogP contribution < -0.4 is 0 Å². The fourth-order valence-electron chi connectivity index (χ4n) is 1.94. The third kappa shape index (κ3) is 3.34. The molecule has 0 amide bonds. The van der Waals surface area contributed by atoms with Gasteiger partial charge >= 0.3 is 12.4 Å². The summed E-state index contributed by atoms with van der Waals surface area (Å²) in [6, 6.07) is 1.47. The molecule has 9 heteroatoms. The van der Waals surface area contributed by atoms with Crippen LogP contribution >= 0.6 is 0 Å². The number of aromatic nitrogens is 2. The maximum absolute atomic E-state index is 12.7. The molecule has 0 bridgehead atoms. The van der Waals surface area contributed by atoms with Crippen LogP contribution in [0.2, 0.25) is 0 Å². The minimum Gasteiger partial charge on any atom is -0.376 e. The molecule has 0 fully saturated rings. The summed E-state index contributed by atoms with van der Waals surface area (Å²) in [5.74, 6) is -1.44. The van der Waals surface area contributed by atoms with E-state index in [-0.39, 0.29) is 11.1 Å². The van der Waals surface area contributed by atoms with Crippen molar-refractivity contribution in [1.82, 2.24) is 9.55 Å². The van der Waals surface area contributed by atoms with Crippen molar-refractivity contribution in [3.05, 3.63) is 29.1 Å². The van der Waals surface area contributed by atoms with Crippen molar-refractivity contribution < 1.29 is 31.4 Å². The van der Waals surface area contributed by atoms with E-state index in [1.165, 1.54) is 0 Å². The third-order valence-electron chi connectivity index (χ3n) is 2.79. The Labute approximate surface area is 122 Å². The van der Waals surface area contributed by atoms with Crippen LogP contribution in [0.4, 0.5) is 26.3 Å². The normalized spacial score (nSPS) is 12.3. The number of aliphatic hydroxyl groups excluding tert-OH is 1. The average Bonchev–Trinajstić information content (AvgIpc) is 2.76. The number of hydrogen-bond donors (Lipinski definition) is 1. The second-order valence-corrected chi connectivity index (χ2v) is 4.16. The first-order valence-electron chi connectivity index (χ1n) is 6.32. The highest BCUT2D eigenvalue weighted by atomic mass is 19.4. The molecular weight excluding hydrogens is 314 g/mol. The van der Waals surface area contributed by atoms with E-state index >= 15 is 0 Å². The minimum atomic E-state index is -4.87. The summed E-state index contributed by atoms with van der Waals surface area (Å²) in [6.45, 7) is 4.01. The Morgan fingerprint density at radius 1 is 1.05 bits per heavy atom. The van der Waals surface area contributed by atoms with Crippen LogP contribution in [0.15, 0.2) is 12.1 Å². The molecule has 0 aliphatic carbocycles. The van der Waals surface area contributed by atoms with Gasteiger partial charge < -0.3 is 5.11 Å². The smallest absolute Gasteiger partial charge is 0.376 e. The van der Waals surface area contributed by atoms with Crippen molar-refractivity contribution in [3.63, 3.8) is 0 Å². The number of halogens is 6. The maximum atomic E-state index is 12.7. The van der Waals surface area contributed by atoms with Gasteiger partial charge in [-0.25, -0.2) is 4.98 Å². The molecule has 1 aromatic heterocycles. The quantitative estimate of drug-likeness (QED) is 0.790. The highest BCUT2D eigenvalue weighted by molar-refractivity contribution is 5.78. The van der Waals surface area contributed by atoms with Gasteiger partial charge in [0.1, 0.15) is 6.73 Å². The predicted octanol–water partition coefficient (Wildman–Crippen LogP) is 4.36. The van der Waals surface area contributed by atoms with Gasteiger partial charge in [0.2, 0.25) is 5.82 Å². The lowest BCUT2D eigenvalue weighted by Crippen LogP contribution is -2.15. The van der Waals surface area contributed by atoms with Crippen molar-refractivity contribution in [2.75, 3.05) is 0 Å². The molecule has 0 aliphatic heterocycles. The van der Waals surface area contributed by atoms with Crippen LogP contribution in [-0.2, 0) is 19.1 Å². The molecule has 1 aromatic carbocycles. The van der Waals surface area contributed by atoms with E-state index in [0.717, 1.165) is 13.0 Å². The minimum absolute atomic E-state index is 0.235. The zero-order valence-electron chi connectivity index (χ0n) is 12.0. The highest BCUT2D eigenvalue weighted by Crippen LogP contribution is 2.36. The van der Waals surface area contributed by atoms with Gasteiger partial charge in [-0.3, -0.25) is 4.57 Å². The fraction of sp³-hybridized carbons (Fsp3) is 0.462. The van der Waals surface area contributed by atoms with Crippen molar-refractivity contribution in [1.29, 1.82) is 0 Å². The summed E-state index contributed by atoms with van der Waals surface area (Å²) >= 11 is 0. The molecule has 1 N–H and O–H groups in total. The topological polar surface area (TPSA) is 38.0 Å². The van der Waals surface area contributed by atoms with Gasteiger partial charge in [0, 0.05) is 0 Å². The first-order valence-corrected chi connectivity index (χ1v) is 6.32. The van der Waals surface area contributed by atoms with Gasteiger partial charge in [-0.2, -0.15) is 26.3 Å². The Balaban J connectivity index is 0.00000116. The Morgan fingerprint density at radius 3 is 2.00 bits per heavy atom. The van der Waals surface area contributed by atoms with Crippen molar-refractivity contribution >= 4 is 11.0 Å². The van der Waals surface area contributed by atoms with E-state index in [1.54, 1.807) is 0 Å². The third-order valence-corrected chi connectivity index (χ3v) is 2.79. The first-order chi connectivity index (χ1) is 10.1. The summed E-state index contributed by atoms with van der Waals surface area (Å²) in [5, 5.41) is 8.97. The second-order valence-electron chi connectivity index (χ2n) is 4.16. The van der Waals surface area contributed by atoms with E-state index in [2.05, 4.69) is 4.98 Å². The fourth-order valence-corrected chi connectivity index (χ4v) is 1.94. The standard InChI is InChI=1S/C11H8F6N2O.C2H6/c1-5-2-7-8(3-6(5)10(12,13)14)19(4-20)9(18-7)11(15,16)17;1-2/h2-3,20H,4H2,1H3;1-2H3. The maximum Gasteiger partial charge on any atom is 0.449 e. The molecule has 124 valence electrons. The molecule has 0 spiro atoms. The summed E-state index contributed by atoms with van der Waals surface area (Å²) in [7, 11) is 0. The van der Waals surface area contributed by atoms with Gasteiger partial charge in [-0.05, 0) is 24.6 Å². The largest absolute Gasteiger partial charge is 0.449 e. The monoisotopic (exact) mass is 328 g/mol. The molecular formula is C13H14F6N2O. The lowest BCUT2D eigenvalue weighted by Gasteiger charge is -2.11. The molecule has 0 radical (unpaired) electrons. The molecule has 2 aromatic rings. The Kier molecular flexibility index (Phi) is 5.11. The van der Waals surface area contributed by atoms with Crippen LogP contribution in [0.1, 0.15) is 30.8 Å². The molecule has 0 unspecified atom stereocenters. The van der Waals surface area contributed by atoms with Crippen molar-refractivity contribution in [2.45, 2.75) is 39.9 Å². The number of nitrogens with zero attached hydrogens (tertiary/aromatic N) is 2. The summed E-state index contributed by atoms with van der Waals surface area (Å²) in [4.78, 5) is 3.25. The number of hydrogen-bond acceptors (Lipinski definition) is 2. The summed E-state index contributed by atoms with van der Waals surface area (Å²) in [5.41, 5.74) is -1.97. The molecule has 3 nitrogen and oxygen atoms in total.